The van der Waals surface area contributed by atoms with E-state index >= 15 is 0 Å². The highest BCUT2D eigenvalue weighted by molar-refractivity contribution is 7.89. The summed E-state index contributed by atoms with van der Waals surface area (Å²) in [6.45, 7) is 3.26. The fourth-order valence-electron chi connectivity index (χ4n) is 3.25. The van der Waals surface area contributed by atoms with Gasteiger partial charge in [0.2, 0.25) is 15.9 Å². The third kappa shape index (κ3) is 4.72. The van der Waals surface area contributed by atoms with Gasteiger partial charge < -0.3 is 9.64 Å². The Labute approximate surface area is 155 Å². The smallest absolute Gasteiger partial charge is 0.246 e. The molecule has 0 aromatic heterocycles. The predicted molar refractivity (Wildman–Crippen MR) is 100 cm³/mol. The summed E-state index contributed by atoms with van der Waals surface area (Å²) in [5, 5.41) is 0. The van der Waals surface area contributed by atoms with Crippen LogP contribution < -0.4 is 0 Å². The highest BCUT2D eigenvalue weighted by atomic mass is 32.2. The Balaban J connectivity index is 1.64. The number of ether oxygens (including phenoxy) is 1. The number of benzene rings is 1. The Kier molecular flexibility index (Phi) is 6.45. The minimum atomic E-state index is -3.48. The van der Waals surface area contributed by atoms with Crippen molar-refractivity contribution in [2.24, 2.45) is 0 Å². The molecular formula is C19H26N2O4S. The molecule has 3 rings (SSSR count). The van der Waals surface area contributed by atoms with Crippen LogP contribution in [0.3, 0.4) is 0 Å². The first-order chi connectivity index (χ1) is 12.6. The molecule has 0 saturated carbocycles. The van der Waals surface area contributed by atoms with Crippen LogP contribution in [0.15, 0.2) is 35.2 Å². The molecule has 0 N–H and O–H groups in total. The third-order valence-electron chi connectivity index (χ3n) is 4.82. The number of nitrogens with zero attached hydrogens (tertiary/aromatic N) is 2. The number of rotatable bonds is 4. The molecule has 0 spiro atoms. The SMILES string of the molecule is O=C(C=Cc1ccc(S(=O)(=O)N2CCOCC2)cc1)N1CCCCCC1. The monoisotopic (exact) mass is 378 g/mol. The van der Waals surface area contributed by atoms with Crippen LogP contribution in [0.2, 0.25) is 0 Å². The van der Waals surface area contributed by atoms with E-state index in [0.29, 0.717) is 26.3 Å². The van der Waals surface area contributed by atoms with Crippen LogP contribution in [0.1, 0.15) is 31.2 Å². The lowest BCUT2D eigenvalue weighted by Gasteiger charge is -2.26. The topological polar surface area (TPSA) is 66.9 Å². The maximum absolute atomic E-state index is 12.6. The maximum atomic E-state index is 12.6. The number of sulfonamides is 1. The van der Waals surface area contributed by atoms with Gasteiger partial charge in [-0.25, -0.2) is 8.42 Å². The average Bonchev–Trinajstić information content (AvgIpc) is 2.97. The van der Waals surface area contributed by atoms with Crippen molar-refractivity contribution in [1.82, 2.24) is 9.21 Å². The van der Waals surface area contributed by atoms with Gasteiger partial charge in [0.1, 0.15) is 0 Å². The molecule has 1 aromatic rings. The minimum absolute atomic E-state index is 0.0249. The van der Waals surface area contributed by atoms with Crippen molar-refractivity contribution in [3.63, 3.8) is 0 Å². The Morgan fingerprint density at radius 2 is 1.54 bits per heavy atom. The summed E-state index contributed by atoms with van der Waals surface area (Å²) in [5.41, 5.74) is 0.814. The van der Waals surface area contributed by atoms with Crippen LogP contribution >= 0.6 is 0 Å². The summed E-state index contributed by atoms with van der Waals surface area (Å²) >= 11 is 0. The largest absolute Gasteiger partial charge is 0.379 e. The standard InChI is InChI=1S/C19H26N2O4S/c22-19(20-11-3-1-2-4-12-20)10-7-17-5-8-18(9-6-17)26(23,24)21-13-15-25-16-14-21/h5-10H,1-4,11-16H2. The lowest BCUT2D eigenvalue weighted by molar-refractivity contribution is -0.125. The number of likely N-dealkylation sites (tertiary alicyclic amines) is 1. The van der Waals surface area contributed by atoms with Crippen LogP contribution in [0, 0.1) is 0 Å². The molecule has 1 aromatic carbocycles. The van der Waals surface area contributed by atoms with Crippen LogP contribution in [0.4, 0.5) is 0 Å². The zero-order chi connectivity index (χ0) is 18.4. The number of hydrogen-bond acceptors (Lipinski definition) is 4. The highest BCUT2D eigenvalue weighted by Gasteiger charge is 2.25. The van der Waals surface area contributed by atoms with Crippen molar-refractivity contribution in [1.29, 1.82) is 0 Å². The Morgan fingerprint density at radius 1 is 0.923 bits per heavy atom. The summed E-state index contributed by atoms with van der Waals surface area (Å²) in [4.78, 5) is 14.4. The zero-order valence-electron chi connectivity index (χ0n) is 15.0. The molecule has 0 aliphatic carbocycles. The van der Waals surface area contributed by atoms with Gasteiger partial charge >= 0.3 is 0 Å². The van der Waals surface area contributed by atoms with Gasteiger partial charge in [-0.1, -0.05) is 25.0 Å². The molecule has 2 heterocycles. The zero-order valence-corrected chi connectivity index (χ0v) is 15.8. The number of carbonyl (C=O) groups excluding carboxylic acids is 1. The molecule has 2 aliphatic heterocycles. The van der Waals surface area contributed by atoms with Gasteiger partial charge in [0, 0.05) is 32.3 Å². The van der Waals surface area contributed by atoms with Crippen molar-refractivity contribution < 1.29 is 17.9 Å². The van der Waals surface area contributed by atoms with Gasteiger partial charge in [0.25, 0.3) is 0 Å². The van der Waals surface area contributed by atoms with Crippen molar-refractivity contribution >= 4 is 22.0 Å². The first-order valence-corrected chi connectivity index (χ1v) is 10.7. The minimum Gasteiger partial charge on any atom is -0.379 e. The van der Waals surface area contributed by atoms with E-state index in [1.165, 1.54) is 17.1 Å². The lowest BCUT2D eigenvalue weighted by Crippen LogP contribution is -2.40. The quantitative estimate of drug-likeness (QED) is 0.753. The number of amides is 1. The molecule has 0 atom stereocenters. The second-order valence-corrected chi connectivity index (χ2v) is 8.60. The molecule has 7 heteroatoms. The average molecular weight is 378 g/mol. The summed E-state index contributed by atoms with van der Waals surface area (Å²) in [7, 11) is -3.48. The van der Waals surface area contributed by atoms with Gasteiger partial charge in [-0.2, -0.15) is 4.31 Å². The van der Waals surface area contributed by atoms with Crippen LogP contribution in [-0.2, 0) is 19.6 Å². The van der Waals surface area contributed by atoms with Crippen molar-refractivity contribution in [3.8, 4) is 0 Å². The summed E-state index contributed by atoms with van der Waals surface area (Å²) in [6.07, 6.45) is 7.83. The van der Waals surface area contributed by atoms with E-state index < -0.39 is 10.0 Å². The van der Waals surface area contributed by atoms with E-state index in [-0.39, 0.29) is 10.8 Å². The molecule has 26 heavy (non-hydrogen) atoms. The van der Waals surface area contributed by atoms with Crippen LogP contribution in [0.5, 0.6) is 0 Å². The maximum Gasteiger partial charge on any atom is 0.246 e. The lowest BCUT2D eigenvalue weighted by atomic mass is 10.2. The van der Waals surface area contributed by atoms with E-state index in [1.807, 2.05) is 4.90 Å². The molecule has 2 saturated heterocycles. The third-order valence-corrected chi connectivity index (χ3v) is 6.74. The van der Waals surface area contributed by atoms with Gasteiger partial charge in [0.15, 0.2) is 0 Å². The molecule has 2 aliphatic rings. The predicted octanol–water partition coefficient (Wildman–Crippen LogP) is 2.12. The van der Waals surface area contributed by atoms with Crippen molar-refractivity contribution in [3.05, 3.63) is 35.9 Å². The van der Waals surface area contributed by atoms with E-state index in [1.54, 1.807) is 36.4 Å². The summed E-state index contributed by atoms with van der Waals surface area (Å²) in [5.74, 6) is 0.0249. The number of morpholine rings is 1. The van der Waals surface area contributed by atoms with Gasteiger partial charge in [-0.05, 0) is 36.6 Å². The van der Waals surface area contributed by atoms with Gasteiger partial charge in [-0.15, -0.1) is 0 Å². The van der Waals surface area contributed by atoms with Crippen LogP contribution in [0.25, 0.3) is 6.08 Å². The van der Waals surface area contributed by atoms with Crippen molar-refractivity contribution in [2.45, 2.75) is 30.6 Å². The molecule has 1 amide bonds. The fraction of sp³-hybridized carbons (Fsp3) is 0.526. The van der Waals surface area contributed by atoms with E-state index in [9.17, 15) is 13.2 Å². The van der Waals surface area contributed by atoms with Crippen LogP contribution in [-0.4, -0.2) is 62.9 Å². The van der Waals surface area contributed by atoms with Crippen molar-refractivity contribution in [2.75, 3.05) is 39.4 Å². The molecular weight excluding hydrogens is 352 g/mol. The molecule has 0 radical (unpaired) electrons. The molecule has 142 valence electrons. The van der Waals surface area contributed by atoms with E-state index in [2.05, 4.69) is 0 Å². The van der Waals surface area contributed by atoms with Gasteiger partial charge in [0.05, 0.1) is 18.1 Å². The second-order valence-electron chi connectivity index (χ2n) is 6.66. The molecule has 0 bridgehead atoms. The molecule has 6 nitrogen and oxygen atoms in total. The first kappa shape index (κ1) is 19.1. The highest BCUT2D eigenvalue weighted by Crippen LogP contribution is 2.18. The van der Waals surface area contributed by atoms with Gasteiger partial charge in [-0.3, -0.25) is 4.79 Å². The van der Waals surface area contributed by atoms with E-state index in [4.69, 9.17) is 4.74 Å². The number of hydrogen-bond donors (Lipinski definition) is 0. The Bertz CT molecular complexity index is 729. The summed E-state index contributed by atoms with van der Waals surface area (Å²) < 4.78 is 31.8. The Hall–Kier alpha value is -1.70. The molecule has 2 fully saturated rings. The molecule has 0 unspecified atom stereocenters. The summed E-state index contributed by atoms with van der Waals surface area (Å²) in [6, 6.07) is 6.67. The fourth-order valence-corrected chi connectivity index (χ4v) is 4.66. The first-order valence-electron chi connectivity index (χ1n) is 9.22. The number of carbonyl (C=O) groups is 1. The normalized spacial score (nSPS) is 20.2. The second kappa shape index (κ2) is 8.79. The van der Waals surface area contributed by atoms with E-state index in [0.717, 1.165) is 31.5 Å². The Morgan fingerprint density at radius 3 is 2.15 bits per heavy atom.